The van der Waals surface area contributed by atoms with E-state index in [4.69, 9.17) is 4.74 Å². The van der Waals surface area contributed by atoms with Gasteiger partial charge in [-0.1, -0.05) is 30.3 Å². The molecule has 1 saturated heterocycles. The van der Waals surface area contributed by atoms with Gasteiger partial charge in [-0.05, 0) is 18.8 Å². The molecule has 25 heavy (non-hydrogen) atoms. The normalized spacial score (nSPS) is 19.2. The number of ether oxygens (including phenoxy) is 1. The molecule has 2 aromatic rings. The van der Waals surface area contributed by atoms with E-state index in [9.17, 15) is 8.42 Å². The molecule has 0 saturated carbocycles. The summed E-state index contributed by atoms with van der Waals surface area (Å²) in [6, 6.07) is 9.53. The Morgan fingerprint density at radius 2 is 2.16 bits per heavy atom. The number of aromatic nitrogens is 3. The molecule has 0 radical (unpaired) electrons. The summed E-state index contributed by atoms with van der Waals surface area (Å²) < 4.78 is 34.2. The molecule has 1 aliphatic rings. The fourth-order valence-electron chi connectivity index (χ4n) is 2.96. The topological polar surface area (TPSA) is 100 Å². The number of aromatic amines is 1. The molecule has 2 heterocycles. The molecular formula is C16H23N5O3S. The SMILES string of the molecule is COCC1CCCN(S(=O)(=O)NCc2nc(-c3ccccc3)n[nH]2)C1. The van der Waals surface area contributed by atoms with Gasteiger partial charge in [-0.15, -0.1) is 0 Å². The van der Waals surface area contributed by atoms with Gasteiger partial charge in [0.05, 0.1) is 13.2 Å². The second-order valence-corrected chi connectivity index (χ2v) is 7.87. The first-order chi connectivity index (χ1) is 12.1. The van der Waals surface area contributed by atoms with Gasteiger partial charge in [0.2, 0.25) is 0 Å². The van der Waals surface area contributed by atoms with Crippen molar-refractivity contribution in [3.05, 3.63) is 36.2 Å². The van der Waals surface area contributed by atoms with Crippen molar-refractivity contribution in [2.45, 2.75) is 19.4 Å². The van der Waals surface area contributed by atoms with Crippen LogP contribution in [0.15, 0.2) is 30.3 Å². The molecule has 2 N–H and O–H groups in total. The Hall–Kier alpha value is -1.81. The van der Waals surface area contributed by atoms with E-state index in [2.05, 4.69) is 19.9 Å². The van der Waals surface area contributed by atoms with Crippen LogP contribution >= 0.6 is 0 Å². The van der Waals surface area contributed by atoms with E-state index >= 15 is 0 Å². The zero-order chi connectivity index (χ0) is 17.7. The van der Waals surface area contributed by atoms with Crippen molar-refractivity contribution >= 4 is 10.2 Å². The molecule has 9 heteroatoms. The number of methoxy groups -OCH3 is 1. The molecular weight excluding hydrogens is 342 g/mol. The van der Waals surface area contributed by atoms with Crippen LogP contribution in [0.1, 0.15) is 18.7 Å². The summed E-state index contributed by atoms with van der Waals surface area (Å²) in [5.41, 5.74) is 0.881. The Kier molecular flexibility index (Phi) is 5.79. The summed E-state index contributed by atoms with van der Waals surface area (Å²) in [5.74, 6) is 1.27. The molecule has 1 atom stereocenters. The first-order valence-electron chi connectivity index (χ1n) is 8.29. The highest BCUT2D eigenvalue weighted by molar-refractivity contribution is 7.87. The van der Waals surface area contributed by atoms with Gasteiger partial charge >= 0.3 is 0 Å². The minimum atomic E-state index is -3.55. The highest BCUT2D eigenvalue weighted by atomic mass is 32.2. The molecule has 0 aliphatic carbocycles. The van der Waals surface area contributed by atoms with Crippen LogP contribution in [0.4, 0.5) is 0 Å². The largest absolute Gasteiger partial charge is 0.384 e. The van der Waals surface area contributed by atoms with E-state index in [1.165, 1.54) is 4.31 Å². The van der Waals surface area contributed by atoms with Crippen molar-refractivity contribution < 1.29 is 13.2 Å². The second-order valence-electron chi connectivity index (χ2n) is 6.12. The standard InChI is InChI=1S/C16H23N5O3S/c1-24-12-13-6-5-9-21(11-13)25(22,23)17-10-15-18-16(20-19-15)14-7-3-2-4-8-14/h2-4,7-8,13,17H,5-6,9-12H2,1H3,(H,18,19,20). The van der Waals surface area contributed by atoms with E-state index in [-0.39, 0.29) is 12.5 Å². The maximum Gasteiger partial charge on any atom is 0.279 e. The van der Waals surface area contributed by atoms with Crippen LogP contribution in [0.2, 0.25) is 0 Å². The van der Waals surface area contributed by atoms with Crippen LogP contribution in [0, 0.1) is 5.92 Å². The first kappa shape index (κ1) is 18.0. The lowest BCUT2D eigenvalue weighted by molar-refractivity contribution is 0.118. The van der Waals surface area contributed by atoms with Gasteiger partial charge < -0.3 is 4.74 Å². The van der Waals surface area contributed by atoms with Crippen molar-refractivity contribution in [2.24, 2.45) is 5.92 Å². The predicted octanol–water partition coefficient (Wildman–Crippen LogP) is 1.16. The summed E-state index contributed by atoms with van der Waals surface area (Å²) in [4.78, 5) is 4.34. The van der Waals surface area contributed by atoms with Gasteiger partial charge in [0.15, 0.2) is 5.82 Å². The number of H-pyrrole nitrogens is 1. The molecule has 1 aromatic carbocycles. The van der Waals surface area contributed by atoms with Crippen molar-refractivity contribution in [2.75, 3.05) is 26.8 Å². The van der Waals surface area contributed by atoms with Gasteiger partial charge in [0.1, 0.15) is 5.82 Å². The van der Waals surface area contributed by atoms with Crippen LogP contribution in [-0.4, -0.2) is 54.7 Å². The summed E-state index contributed by atoms with van der Waals surface area (Å²) in [5, 5.41) is 6.92. The number of nitrogens with zero attached hydrogens (tertiary/aromatic N) is 3. The Balaban J connectivity index is 1.60. The number of hydrogen-bond donors (Lipinski definition) is 2. The van der Waals surface area contributed by atoms with Crippen molar-refractivity contribution in [1.29, 1.82) is 0 Å². The molecule has 136 valence electrons. The molecule has 1 aromatic heterocycles. The Morgan fingerprint density at radius 3 is 2.92 bits per heavy atom. The predicted molar refractivity (Wildman–Crippen MR) is 93.8 cm³/mol. The van der Waals surface area contributed by atoms with Crippen molar-refractivity contribution in [1.82, 2.24) is 24.2 Å². The average Bonchev–Trinajstić information content (AvgIpc) is 3.11. The quantitative estimate of drug-likeness (QED) is 0.767. The maximum atomic E-state index is 12.5. The zero-order valence-corrected chi connectivity index (χ0v) is 15.0. The minimum Gasteiger partial charge on any atom is -0.384 e. The fourth-order valence-corrected chi connectivity index (χ4v) is 4.24. The van der Waals surface area contributed by atoms with Gasteiger partial charge in [0, 0.05) is 25.8 Å². The van der Waals surface area contributed by atoms with Crippen molar-refractivity contribution in [3.63, 3.8) is 0 Å². The molecule has 0 bridgehead atoms. The summed E-state index contributed by atoms with van der Waals surface area (Å²) in [6.07, 6.45) is 1.83. The fraction of sp³-hybridized carbons (Fsp3) is 0.500. The van der Waals surface area contributed by atoms with E-state index in [1.54, 1.807) is 7.11 Å². The third-order valence-electron chi connectivity index (χ3n) is 4.21. The van der Waals surface area contributed by atoms with E-state index in [0.29, 0.717) is 31.3 Å². The highest BCUT2D eigenvalue weighted by Gasteiger charge is 2.28. The monoisotopic (exact) mass is 365 g/mol. The van der Waals surface area contributed by atoms with Gasteiger partial charge in [-0.2, -0.15) is 22.5 Å². The Labute approximate surface area is 147 Å². The Morgan fingerprint density at radius 1 is 1.36 bits per heavy atom. The number of benzene rings is 1. The summed E-state index contributed by atoms with van der Waals surface area (Å²) >= 11 is 0. The number of rotatable bonds is 7. The van der Waals surface area contributed by atoms with Gasteiger partial charge in [0.25, 0.3) is 10.2 Å². The molecule has 1 aliphatic heterocycles. The van der Waals surface area contributed by atoms with E-state index in [1.807, 2.05) is 30.3 Å². The van der Waals surface area contributed by atoms with Crippen LogP contribution < -0.4 is 4.72 Å². The van der Waals surface area contributed by atoms with Crippen LogP contribution in [0.3, 0.4) is 0 Å². The third-order valence-corrected chi connectivity index (χ3v) is 5.73. The lowest BCUT2D eigenvalue weighted by atomic mass is 10.0. The number of piperidine rings is 1. The minimum absolute atomic E-state index is 0.0770. The molecule has 1 unspecified atom stereocenters. The maximum absolute atomic E-state index is 12.5. The van der Waals surface area contributed by atoms with E-state index in [0.717, 1.165) is 18.4 Å². The third kappa shape index (κ3) is 4.63. The highest BCUT2D eigenvalue weighted by Crippen LogP contribution is 2.19. The van der Waals surface area contributed by atoms with Crippen LogP contribution in [0.25, 0.3) is 11.4 Å². The lowest BCUT2D eigenvalue weighted by Crippen LogP contribution is -2.46. The second kappa shape index (κ2) is 8.05. The first-order valence-corrected chi connectivity index (χ1v) is 9.73. The summed E-state index contributed by atoms with van der Waals surface area (Å²) in [6.45, 7) is 1.66. The summed E-state index contributed by atoms with van der Waals surface area (Å²) in [7, 11) is -1.91. The molecule has 3 rings (SSSR count). The molecule has 0 amide bonds. The van der Waals surface area contributed by atoms with Gasteiger partial charge in [-0.25, -0.2) is 4.98 Å². The number of nitrogens with one attached hydrogen (secondary N) is 2. The van der Waals surface area contributed by atoms with Crippen LogP contribution in [-0.2, 0) is 21.5 Å². The molecule has 0 spiro atoms. The van der Waals surface area contributed by atoms with Gasteiger partial charge in [-0.3, -0.25) is 5.10 Å². The number of hydrogen-bond acceptors (Lipinski definition) is 5. The smallest absolute Gasteiger partial charge is 0.279 e. The Bertz CT molecular complexity index is 776. The zero-order valence-electron chi connectivity index (χ0n) is 14.2. The molecule has 1 fully saturated rings. The van der Waals surface area contributed by atoms with Crippen LogP contribution in [0.5, 0.6) is 0 Å². The van der Waals surface area contributed by atoms with Crippen molar-refractivity contribution in [3.8, 4) is 11.4 Å². The molecule has 8 nitrogen and oxygen atoms in total. The van der Waals surface area contributed by atoms with E-state index < -0.39 is 10.2 Å². The lowest BCUT2D eigenvalue weighted by Gasteiger charge is -2.31. The average molecular weight is 365 g/mol.